The van der Waals surface area contributed by atoms with Gasteiger partial charge in [0.2, 0.25) is 5.91 Å². The summed E-state index contributed by atoms with van der Waals surface area (Å²) in [5.74, 6) is -0.0837. The van der Waals surface area contributed by atoms with E-state index in [-0.39, 0.29) is 17.5 Å². The summed E-state index contributed by atoms with van der Waals surface area (Å²) in [6.45, 7) is 5.66. The molecule has 0 saturated carbocycles. The Morgan fingerprint density at radius 2 is 2.04 bits per heavy atom. The van der Waals surface area contributed by atoms with Crippen molar-refractivity contribution < 1.29 is 13.9 Å². The molecule has 2 aromatic rings. The normalized spacial score (nSPS) is 10.8. The number of methoxy groups -OCH3 is 1. The highest BCUT2D eigenvalue weighted by atomic mass is 32.2. The van der Waals surface area contributed by atoms with Gasteiger partial charge in [0.1, 0.15) is 5.82 Å². The number of benzene rings is 1. The molecule has 1 N–H and O–H groups in total. The lowest BCUT2D eigenvalue weighted by molar-refractivity contribution is -0.118. The molecule has 0 saturated heterocycles. The van der Waals surface area contributed by atoms with Gasteiger partial charge in [0.15, 0.2) is 5.16 Å². The highest BCUT2D eigenvalue weighted by Crippen LogP contribution is 2.21. The van der Waals surface area contributed by atoms with Crippen LogP contribution in [-0.2, 0) is 22.6 Å². The van der Waals surface area contributed by atoms with Crippen molar-refractivity contribution in [2.75, 3.05) is 19.5 Å². The van der Waals surface area contributed by atoms with Crippen LogP contribution in [0.1, 0.15) is 17.0 Å². The number of imidazole rings is 1. The Kier molecular flexibility index (Phi) is 6.81. The molecule has 0 aliphatic carbocycles. The zero-order valence-electron chi connectivity index (χ0n) is 14.1. The largest absolute Gasteiger partial charge is 0.383 e. The van der Waals surface area contributed by atoms with Crippen molar-refractivity contribution in [3.05, 3.63) is 47.0 Å². The maximum Gasteiger partial charge on any atom is 0.230 e. The molecule has 0 unspecified atom stereocenters. The number of hydrogen-bond donors (Lipinski definition) is 1. The van der Waals surface area contributed by atoms with Gasteiger partial charge in [0.25, 0.3) is 0 Å². The third-order valence-corrected chi connectivity index (χ3v) is 4.65. The molecule has 7 heteroatoms. The molecule has 2 rings (SSSR count). The quantitative estimate of drug-likeness (QED) is 0.743. The topological polar surface area (TPSA) is 56.1 Å². The molecule has 1 aromatic heterocycles. The van der Waals surface area contributed by atoms with E-state index >= 15 is 0 Å². The Morgan fingerprint density at radius 3 is 2.71 bits per heavy atom. The number of ether oxygens (including phenoxy) is 1. The number of hydrogen-bond acceptors (Lipinski definition) is 4. The maximum absolute atomic E-state index is 12.8. The van der Waals surface area contributed by atoms with Crippen molar-refractivity contribution in [2.24, 2.45) is 0 Å². The van der Waals surface area contributed by atoms with Gasteiger partial charge in [-0.3, -0.25) is 4.79 Å². The van der Waals surface area contributed by atoms with E-state index in [0.29, 0.717) is 19.7 Å². The second-order valence-corrected chi connectivity index (χ2v) is 6.34. The van der Waals surface area contributed by atoms with E-state index in [4.69, 9.17) is 4.74 Å². The van der Waals surface area contributed by atoms with Gasteiger partial charge in [-0.15, -0.1) is 0 Å². The zero-order chi connectivity index (χ0) is 17.5. The summed E-state index contributed by atoms with van der Waals surface area (Å²) in [5, 5.41) is 3.65. The number of carbonyl (C=O) groups is 1. The van der Waals surface area contributed by atoms with Crippen LogP contribution in [0, 0.1) is 19.7 Å². The van der Waals surface area contributed by atoms with Crippen LogP contribution in [-0.4, -0.2) is 34.9 Å². The number of nitrogens with one attached hydrogen (secondary N) is 1. The molecule has 0 aliphatic heterocycles. The van der Waals surface area contributed by atoms with Crippen molar-refractivity contribution in [3.63, 3.8) is 0 Å². The molecule has 5 nitrogen and oxygen atoms in total. The van der Waals surface area contributed by atoms with Gasteiger partial charge in [-0.2, -0.15) is 0 Å². The van der Waals surface area contributed by atoms with Gasteiger partial charge in [-0.05, 0) is 31.5 Å². The molecule has 1 heterocycles. The number of rotatable bonds is 8. The minimum atomic E-state index is -0.283. The van der Waals surface area contributed by atoms with Crippen LogP contribution in [0.4, 0.5) is 4.39 Å². The molecular weight excluding hydrogens is 329 g/mol. The summed E-state index contributed by atoms with van der Waals surface area (Å²) >= 11 is 1.40. The molecule has 1 amide bonds. The Labute approximate surface area is 145 Å². The summed E-state index contributed by atoms with van der Waals surface area (Å²) in [7, 11) is 1.66. The fraction of sp³-hybridized carbons (Fsp3) is 0.412. The molecule has 24 heavy (non-hydrogen) atoms. The van der Waals surface area contributed by atoms with Crippen LogP contribution in [0.15, 0.2) is 29.4 Å². The van der Waals surface area contributed by atoms with Gasteiger partial charge >= 0.3 is 0 Å². The van der Waals surface area contributed by atoms with Crippen LogP contribution in [0.5, 0.6) is 0 Å². The van der Waals surface area contributed by atoms with Gasteiger partial charge < -0.3 is 14.6 Å². The minimum absolute atomic E-state index is 0.0825. The number of amides is 1. The van der Waals surface area contributed by atoms with Crippen molar-refractivity contribution in [1.29, 1.82) is 0 Å². The molecule has 130 valence electrons. The molecule has 0 radical (unpaired) electrons. The third-order valence-electron chi connectivity index (χ3n) is 3.68. The third kappa shape index (κ3) is 5.07. The van der Waals surface area contributed by atoms with E-state index in [1.807, 2.05) is 13.8 Å². The van der Waals surface area contributed by atoms with E-state index < -0.39 is 0 Å². The number of aromatic nitrogens is 2. The van der Waals surface area contributed by atoms with E-state index in [9.17, 15) is 9.18 Å². The van der Waals surface area contributed by atoms with E-state index in [0.717, 1.165) is 22.1 Å². The monoisotopic (exact) mass is 351 g/mol. The first-order chi connectivity index (χ1) is 11.5. The maximum atomic E-state index is 12.8. The standard InChI is InChI=1S/C17H22FN3O2S/c1-12-13(2)21(8-9-23-3)17(20-12)24-11-16(22)19-10-14-4-6-15(18)7-5-14/h4-7H,8-11H2,1-3H3,(H,19,22). The molecular formula is C17H22FN3O2S. The minimum Gasteiger partial charge on any atom is -0.383 e. The summed E-state index contributed by atoms with van der Waals surface area (Å²) in [6, 6.07) is 6.09. The lowest BCUT2D eigenvalue weighted by Gasteiger charge is -2.09. The number of halogens is 1. The molecule has 0 fully saturated rings. The Balaban J connectivity index is 1.87. The van der Waals surface area contributed by atoms with Crippen LogP contribution >= 0.6 is 11.8 Å². The second kappa shape index (κ2) is 8.84. The van der Waals surface area contributed by atoms with Crippen molar-refractivity contribution in [1.82, 2.24) is 14.9 Å². The van der Waals surface area contributed by atoms with Crippen LogP contribution in [0.25, 0.3) is 0 Å². The lowest BCUT2D eigenvalue weighted by Crippen LogP contribution is -2.24. The summed E-state index contributed by atoms with van der Waals surface area (Å²) in [5.41, 5.74) is 2.91. The SMILES string of the molecule is COCCn1c(SCC(=O)NCc2ccc(F)cc2)nc(C)c1C. The van der Waals surface area contributed by atoms with Gasteiger partial charge in [0, 0.05) is 25.9 Å². The van der Waals surface area contributed by atoms with E-state index in [1.165, 1.54) is 23.9 Å². The smallest absolute Gasteiger partial charge is 0.230 e. The number of aryl methyl sites for hydroxylation is 1. The predicted octanol–water partition coefficient (Wildman–Crippen LogP) is 2.69. The first-order valence-corrected chi connectivity index (χ1v) is 8.66. The highest BCUT2D eigenvalue weighted by Gasteiger charge is 2.13. The van der Waals surface area contributed by atoms with Crippen molar-refractivity contribution in [2.45, 2.75) is 32.1 Å². The van der Waals surface area contributed by atoms with Crippen molar-refractivity contribution >= 4 is 17.7 Å². The number of carbonyl (C=O) groups excluding carboxylic acids is 1. The van der Waals surface area contributed by atoms with Crippen molar-refractivity contribution in [3.8, 4) is 0 Å². The molecule has 0 spiro atoms. The second-order valence-electron chi connectivity index (χ2n) is 5.40. The fourth-order valence-electron chi connectivity index (χ4n) is 2.16. The first-order valence-electron chi connectivity index (χ1n) is 7.68. The average Bonchev–Trinajstić information content (AvgIpc) is 2.84. The highest BCUT2D eigenvalue weighted by molar-refractivity contribution is 7.99. The Hall–Kier alpha value is -1.86. The number of nitrogens with zero attached hydrogens (tertiary/aromatic N) is 2. The Bertz CT molecular complexity index is 686. The lowest BCUT2D eigenvalue weighted by atomic mass is 10.2. The summed E-state index contributed by atoms with van der Waals surface area (Å²) in [4.78, 5) is 16.5. The molecule has 0 bridgehead atoms. The van der Waals surface area contributed by atoms with Gasteiger partial charge in [-0.25, -0.2) is 9.37 Å². The molecule has 0 atom stereocenters. The first kappa shape index (κ1) is 18.5. The summed E-state index contributed by atoms with van der Waals surface area (Å²) in [6.07, 6.45) is 0. The van der Waals surface area contributed by atoms with E-state index in [2.05, 4.69) is 14.9 Å². The average molecular weight is 351 g/mol. The fourth-order valence-corrected chi connectivity index (χ4v) is 3.11. The van der Waals surface area contributed by atoms with Crippen LogP contribution in [0.2, 0.25) is 0 Å². The molecule has 1 aromatic carbocycles. The molecule has 0 aliphatic rings. The Morgan fingerprint density at radius 1 is 1.33 bits per heavy atom. The van der Waals surface area contributed by atoms with Crippen LogP contribution in [0.3, 0.4) is 0 Å². The summed E-state index contributed by atoms with van der Waals surface area (Å²) < 4.78 is 20.0. The van der Waals surface area contributed by atoms with Gasteiger partial charge in [-0.1, -0.05) is 23.9 Å². The van der Waals surface area contributed by atoms with Gasteiger partial charge in [0.05, 0.1) is 18.1 Å². The number of thioether (sulfide) groups is 1. The van der Waals surface area contributed by atoms with Crippen LogP contribution < -0.4 is 5.32 Å². The zero-order valence-corrected chi connectivity index (χ0v) is 15.0. The van der Waals surface area contributed by atoms with E-state index in [1.54, 1.807) is 19.2 Å². The predicted molar refractivity (Wildman–Crippen MR) is 92.5 cm³/mol.